The number of unbranched alkanes of at least 4 members (excludes halogenated alkanes) is 6. The first-order valence-corrected chi connectivity index (χ1v) is 10.8. The summed E-state index contributed by atoms with van der Waals surface area (Å²) in [6, 6.07) is 6.66. The van der Waals surface area contributed by atoms with Crippen molar-refractivity contribution in [1.29, 1.82) is 0 Å². The zero-order chi connectivity index (χ0) is 18.5. The molecule has 1 aromatic heterocycles. The molecule has 1 aromatic carbocycles. The van der Waals surface area contributed by atoms with Gasteiger partial charge in [0.15, 0.2) is 0 Å². The summed E-state index contributed by atoms with van der Waals surface area (Å²) in [7, 11) is 0. The molecule has 0 aliphatic carbocycles. The molecule has 1 heterocycles. The van der Waals surface area contributed by atoms with Crippen LogP contribution in [0.15, 0.2) is 49.1 Å². The Morgan fingerprint density at radius 3 is 2.50 bits per heavy atom. The van der Waals surface area contributed by atoms with Crippen LogP contribution >= 0.6 is 11.8 Å². The minimum absolute atomic E-state index is 0.189. The lowest BCUT2D eigenvalue weighted by Crippen LogP contribution is -2.10. The maximum absolute atomic E-state index is 13.0. The Bertz CT molecular complexity index is 608. The van der Waals surface area contributed by atoms with Gasteiger partial charge in [-0.2, -0.15) is 11.8 Å². The molecule has 0 saturated carbocycles. The van der Waals surface area contributed by atoms with Crippen molar-refractivity contribution in [2.24, 2.45) is 0 Å². The lowest BCUT2D eigenvalue weighted by molar-refractivity contribution is 0.603. The third-order valence-electron chi connectivity index (χ3n) is 4.40. The second-order valence-corrected chi connectivity index (χ2v) is 8.05. The van der Waals surface area contributed by atoms with E-state index in [0.29, 0.717) is 5.25 Å². The molecule has 0 radical (unpaired) electrons. The van der Waals surface area contributed by atoms with Crippen LogP contribution in [0.1, 0.15) is 57.4 Å². The molecule has 2 rings (SSSR count). The molecule has 1 atom stereocenters. The number of thioether (sulfide) groups is 1. The van der Waals surface area contributed by atoms with Crippen LogP contribution in [0.4, 0.5) is 4.39 Å². The van der Waals surface area contributed by atoms with Crippen LogP contribution in [0, 0.1) is 5.82 Å². The normalized spacial score (nSPS) is 12.7. The summed E-state index contributed by atoms with van der Waals surface area (Å²) in [5.41, 5.74) is 1.04. The number of hydrogen-bond acceptors (Lipinski definition) is 2. The van der Waals surface area contributed by atoms with Crippen LogP contribution in [0.3, 0.4) is 0 Å². The molecule has 0 aliphatic heterocycles. The smallest absolute Gasteiger partial charge is 0.123 e. The number of hydrogen-bond donors (Lipinski definition) is 0. The summed E-state index contributed by atoms with van der Waals surface area (Å²) in [6.07, 6.45) is 19.4. The average Bonchev–Trinajstić information content (AvgIpc) is 3.16. The Morgan fingerprint density at radius 1 is 1.08 bits per heavy atom. The Morgan fingerprint density at radius 2 is 1.81 bits per heavy atom. The first-order chi connectivity index (χ1) is 12.8. The molecule has 0 bridgehead atoms. The van der Waals surface area contributed by atoms with Crippen molar-refractivity contribution in [3.8, 4) is 0 Å². The predicted octanol–water partition coefficient (Wildman–Crippen LogP) is 6.59. The molecule has 26 heavy (non-hydrogen) atoms. The van der Waals surface area contributed by atoms with Crippen molar-refractivity contribution in [3.05, 3.63) is 60.4 Å². The second kappa shape index (κ2) is 12.7. The van der Waals surface area contributed by atoms with Gasteiger partial charge in [-0.15, -0.1) is 0 Å². The van der Waals surface area contributed by atoms with Gasteiger partial charge in [-0.05, 0) is 29.9 Å². The minimum Gasteiger partial charge on any atom is -0.336 e. The van der Waals surface area contributed by atoms with Gasteiger partial charge in [0.1, 0.15) is 5.82 Å². The van der Waals surface area contributed by atoms with E-state index >= 15 is 0 Å². The lowest BCUT2D eigenvalue weighted by atomic mass is 10.1. The molecule has 0 amide bonds. The van der Waals surface area contributed by atoms with E-state index in [1.54, 1.807) is 0 Å². The molecule has 0 fully saturated rings. The number of aromatic nitrogens is 2. The first-order valence-electron chi connectivity index (χ1n) is 9.79. The molecule has 2 nitrogen and oxygen atoms in total. The third-order valence-corrected chi connectivity index (χ3v) is 5.66. The summed E-state index contributed by atoms with van der Waals surface area (Å²) in [6.45, 7) is 3.18. The van der Waals surface area contributed by atoms with Gasteiger partial charge in [0.25, 0.3) is 0 Å². The third kappa shape index (κ3) is 8.70. The van der Waals surface area contributed by atoms with Crippen molar-refractivity contribution >= 4 is 17.8 Å². The van der Waals surface area contributed by atoms with Crippen LogP contribution < -0.4 is 0 Å². The summed E-state index contributed by atoms with van der Waals surface area (Å²) in [5, 5.41) is 0.398. The van der Waals surface area contributed by atoms with Crippen molar-refractivity contribution in [2.75, 3.05) is 5.75 Å². The van der Waals surface area contributed by atoms with Gasteiger partial charge in [-0.25, -0.2) is 9.37 Å². The Hall–Kier alpha value is -1.55. The fourth-order valence-electron chi connectivity index (χ4n) is 2.86. The maximum Gasteiger partial charge on any atom is 0.123 e. The minimum atomic E-state index is -0.189. The van der Waals surface area contributed by atoms with E-state index in [0.717, 1.165) is 12.1 Å². The van der Waals surface area contributed by atoms with Gasteiger partial charge < -0.3 is 4.57 Å². The van der Waals surface area contributed by atoms with E-state index in [4.69, 9.17) is 0 Å². The van der Waals surface area contributed by atoms with E-state index < -0.39 is 0 Å². The van der Waals surface area contributed by atoms with Crippen molar-refractivity contribution < 1.29 is 4.39 Å². The number of halogens is 1. The molecule has 0 N–H and O–H groups in total. The highest BCUT2D eigenvalue weighted by atomic mass is 32.2. The SMILES string of the molecule is CCCCCCCCCSC(/C=C/c1ccc(F)cc1)Cn1ccnc1. The lowest BCUT2D eigenvalue weighted by Gasteiger charge is -2.13. The molecule has 2 aromatic rings. The number of rotatable bonds is 13. The van der Waals surface area contributed by atoms with Gasteiger partial charge in [0, 0.05) is 24.2 Å². The van der Waals surface area contributed by atoms with Gasteiger partial charge in [0.05, 0.1) is 6.33 Å². The fraction of sp³-hybridized carbons (Fsp3) is 0.500. The Labute approximate surface area is 161 Å². The van der Waals surface area contributed by atoms with Crippen molar-refractivity contribution in [2.45, 2.75) is 63.7 Å². The molecule has 1 unspecified atom stereocenters. The average molecular weight is 375 g/mol. The number of benzene rings is 1. The van der Waals surface area contributed by atoms with Gasteiger partial charge in [-0.3, -0.25) is 0 Å². The highest BCUT2D eigenvalue weighted by Gasteiger charge is 2.06. The van der Waals surface area contributed by atoms with E-state index in [2.05, 4.69) is 28.6 Å². The number of imidazole rings is 1. The van der Waals surface area contributed by atoms with E-state index in [9.17, 15) is 4.39 Å². The van der Waals surface area contributed by atoms with Crippen LogP contribution in [-0.4, -0.2) is 20.6 Å². The van der Waals surface area contributed by atoms with Crippen LogP contribution in [0.2, 0.25) is 0 Å². The summed E-state index contributed by atoms with van der Waals surface area (Å²) < 4.78 is 15.2. The summed E-state index contributed by atoms with van der Waals surface area (Å²) in [5.74, 6) is 0.992. The number of nitrogens with zero attached hydrogens (tertiary/aromatic N) is 2. The first kappa shape index (κ1) is 20.8. The molecule has 0 aliphatic rings. The molecule has 142 valence electrons. The molecule has 0 spiro atoms. The fourth-order valence-corrected chi connectivity index (χ4v) is 4.00. The zero-order valence-electron chi connectivity index (χ0n) is 15.8. The molecule has 4 heteroatoms. The summed E-state index contributed by atoms with van der Waals surface area (Å²) >= 11 is 2.00. The highest BCUT2D eigenvalue weighted by Crippen LogP contribution is 2.19. The summed E-state index contributed by atoms with van der Waals surface area (Å²) in [4.78, 5) is 4.14. The van der Waals surface area contributed by atoms with E-state index in [-0.39, 0.29) is 5.82 Å². The van der Waals surface area contributed by atoms with Crippen molar-refractivity contribution in [3.63, 3.8) is 0 Å². The molecule has 0 saturated heterocycles. The van der Waals surface area contributed by atoms with E-state index in [1.165, 1.54) is 62.8 Å². The van der Waals surface area contributed by atoms with Crippen LogP contribution in [0.5, 0.6) is 0 Å². The van der Waals surface area contributed by atoms with Crippen LogP contribution in [-0.2, 0) is 6.54 Å². The van der Waals surface area contributed by atoms with Gasteiger partial charge >= 0.3 is 0 Å². The largest absolute Gasteiger partial charge is 0.336 e. The highest BCUT2D eigenvalue weighted by molar-refractivity contribution is 8.00. The Balaban J connectivity index is 1.77. The maximum atomic E-state index is 13.0. The Kier molecular flexibility index (Phi) is 10.2. The zero-order valence-corrected chi connectivity index (χ0v) is 16.6. The monoisotopic (exact) mass is 374 g/mol. The second-order valence-electron chi connectivity index (χ2n) is 6.70. The standard InChI is InChI=1S/C22H31FN2S/c1-2-3-4-5-6-7-8-17-26-22(18-25-16-15-24-19-25)14-11-20-9-12-21(23)13-10-20/h9-16,19,22H,2-8,17-18H2,1H3/b14-11+. The van der Waals surface area contributed by atoms with Crippen LogP contribution in [0.25, 0.3) is 6.08 Å². The molecular weight excluding hydrogens is 343 g/mol. The van der Waals surface area contributed by atoms with Gasteiger partial charge in [0.2, 0.25) is 0 Å². The molecular formula is C22H31FN2S. The quantitative estimate of drug-likeness (QED) is 0.368. The predicted molar refractivity (Wildman–Crippen MR) is 112 cm³/mol. The van der Waals surface area contributed by atoms with E-state index in [1.807, 2.05) is 42.6 Å². The van der Waals surface area contributed by atoms with Gasteiger partial charge in [-0.1, -0.05) is 69.7 Å². The van der Waals surface area contributed by atoms with Crippen molar-refractivity contribution in [1.82, 2.24) is 9.55 Å². The topological polar surface area (TPSA) is 17.8 Å².